The van der Waals surface area contributed by atoms with Gasteiger partial charge in [0.2, 0.25) is 0 Å². The summed E-state index contributed by atoms with van der Waals surface area (Å²) in [4.78, 5) is 4.18. The minimum atomic E-state index is 0.0896. The molecule has 0 aliphatic heterocycles. The average molecular weight is 229 g/mol. The standard InChI is InChI=1S/C9H13BrN2/c1-3-8(11)7-4-6(2)5-12-9(7)10/h4-5,8H,3,11H2,1-2H3. The Morgan fingerprint density at radius 3 is 2.92 bits per heavy atom. The molecule has 1 atom stereocenters. The molecule has 1 aromatic rings. The van der Waals surface area contributed by atoms with Gasteiger partial charge in [0.1, 0.15) is 4.60 Å². The van der Waals surface area contributed by atoms with Gasteiger partial charge in [-0.1, -0.05) is 13.0 Å². The van der Waals surface area contributed by atoms with Crippen molar-refractivity contribution in [3.8, 4) is 0 Å². The summed E-state index contributed by atoms with van der Waals surface area (Å²) in [7, 11) is 0. The Kier molecular flexibility index (Phi) is 3.23. The Morgan fingerprint density at radius 2 is 2.33 bits per heavy atom. The normalized spacial score (nSPS) is 13.0. The molecule has 0 saturated carbocycles. The lowest BCUT2D eigenvalue weighted by Crippen LogP contribution is -2.10. The summed E-state index contributed by atoms with van der Waals surface area (Å²) in [6, 6.07) is 2.16. The van der Waals surface area contributed by atoms with Gasteiger partial charge in [-0.05, 0) is 34.8 Å². The minimum Gasteiger partial charge on any atom is -0.324 e. The van der Waals surface area contributed by atoms with Gasteiger partial charge in [0.25, 0.3) is 0 Å². The number of halogens is 1. The van der Waals surface area contributed by atoms with Crippen LogP contribution < -0.4 is 5.73 Å². The van der Waals surface area contributed by atoms with Gasteiger partial charge in [0.05, 0.1) is 0 Å². The van der Waals surface area contributed by atoms with Gasteiger partial charge in [-0.2, -0.15) is 0 Å². The first-order valence-electron chi connectivity index (χ1n) is 4.02. The van der Waals surface area contributed by atoms with E-state index in [4.69, 9.17) is 5.73 Å². The summed E-state index contributed by atoms with van der Waals surface area (Å²) < 4.78 is 0.863. The Hall–Kier alpha value is -0.410. The molecule has 2 nitrogen and oxygen atoms in total. The van der Waals surface area contributed by atoms with Gasteiger partial charge in [-0.15, -0.1) is 0 Å². The molecule has 1 heterocycles. The molecule has 1 unspecified atom stereocenters. The quantitative estimate of drug-likeness (QED) is 0.791. The number of hydrogen-bond donors (Lipinski definition) is 1. The first-order chi connectivity index (χ1) is 5.65. The third-order valence-electron chi connectivity index (χ3n) is 1.84. The van der Waals surface area contributed by atoms with E-state index in [1.165, 1.54) is 0 Å². The highest BCUT2D eigenvalue weighted by Crippen LogP contribution is 2.22. The van der Waals surface area contributed by atoms with E-state index in [1.807, 2.05) is 13.1 Å². The molecule has 1 aromatic heterocycles. The van der Waals surface area contributed by atoms with Gasteiger partial charge >= 0.3 is 0 Å². The lowest BCUT2D eigenvalue weighted by molar-refractivity contribution is 0.690. The molecule has 0 radical (unpaired) electrons. The zero-order valence-electron chi connectivity index (χ0n) is 7.34. The van der Waals surface area contributed by atoms with Crippen molar-refractivity contribution in [1.82, 2.24) is 4.98 Å². The first kappa shape index (κ1) is 9.68. The van der Waals surface area contributed by atoms with Crippen LogP contribution in [-0.4, -0.2) is 4.98 Å². The topological polar surface area (TPSA) is 38.9 Å². The van der Waals surface area contributed by atoms with E-state index in [-0.39, 0.29) is 6.04 Å². The van der Waals surface area contributed by atoms with Crippen LogP contribution in [0.5, 0.6) is 0 Å². The fraction of sp³-hybridized carbons (Fsp3) is 0.444. The number of pyridine rings is 1. The van der Waals surface area contributed by atoms with Gasteiger partial charge in [-0.3, -0.25) is 0 Å². The van der Waals surface area contributed by atoms with Crippen LogP contribution in [-0.2, 0) is 0 Å². The van der Waals surface area contributed by atoms with Gasteiger partial charge < -0.3 is 5.73 Å². The van der Waals surface area contributed by atoms with E-state index in [0.717, 1.165) is 22.2 Å². The van der Waals surface area contributed by atoms with Crippen molar-refractivity contribution < 1.29 is 0 Å². The molecule has 0 spiro atoms. The van der Waals surface area contributed by atoms with Gasteiger partial charge in [0.15, 0.2) is 0 Å². The molecule has 0 saturated heterocycles. The summed E-state index contributed by atoms with van der Waals surface area (Å²) in [5.74, 6) is 0. The monoisotopic (exact) mass is 228 g/mol. The second-order valence-electron chi connectivity index (χ2n) is 2.91. The van der Waals surface area contributed by atoms with Crippen molar-refractivity contribution in [3.05, 3.63) is 28.0 Å². The highest BCUT2D eigenvalue weighted by Gasteiger charge is 2.08. The number of rotatable bonds is 2. The van der Waals surface area contributed by atoms with Crippen molar-refractivity contribution in [1.29, 1.82) is 0 Å². The van der Waals surface area contributed by atoms with Crippen molar-refractivity contribution in [2.75, 3.05) is 0 Å². The molecular weight excluding hydrogens is 216 g/mol. The summed E-state index contributed by atoms with van der Waals surface area (Å²) in [6.45, 7) is 4.09. The molecule has 0 aromatic carbocycles. The van der Waals surface area contributed by atoms with E-state index < -0.39 is 0 Å². The van der Waals surface area contributed by atoms with Gasteiger partial charge in [0, 0.05) is 17.8 Å². The molecule has 66 valence electrons. The first-order valence-corrected chi connectivity index (χ1v) is 4.82. The Labute approximate surface area is 81.3 Å². The van der Waals surface area contributed by atoms with E-state index in [1.54, 1.807) is 0 Å². The predicted molar refractivity (Wildman–Crippen MR) is 53.9 cm³/mol. The molecule has 12 heavy (non-hydrogen) atoms. The second-order valence-corrected chi connectivity index (χ2v) is 3.66. The predicted octanol–water partition coefficient (Wildman–Crippen LogP) is 2.56. The maximum atomic E-state index is 5.89. The lowest BCUT2D eigenvalue weighted by Gasteiger charge is -2.10. The minimum absolute atomic E-state index is 0.0896. The number of nitrogens with zero attached hydrogens (tertiary/aromatic N) is 1. The van der Waals surface area contributed by atoms with E-state index >= 15 is 0 Å². The zero-order chi connectivity index (χ0) is 9.14. The average Bonchev–Trinajstić information content (AvgIpc) is 2.08. The van der Waals surface area contributed by atoms with Crippen LogP contribution in [0.25, 0.3) is 0 Å². The van der Waals surface area contributed by atoms with Crippen LogP contribution in [0.15, 0.2) is 16.9 Å². The SMILES string of the molecule is CCC(N)c1cc(C)cnc1Br. The fourth-order valence-corrected chi connectivity index (χ4v) is 1.57. The smallest absolute Gasteiger partial charge is 0.110 e. The number of aryl methyl sites for hydroxylation is 1. The molecular formula is C9H13BrN2. The summed E-state index contributed by atoms with van der Waals surface area (Å²) in [5, 5.41) is 0. The molecule has 0 bridgehead atoms. The highest BCUT2D eigenvalue weighted by atomic mass is 79.9. The second kappa shape index (κ2) is 4.01. The Bertz CT molecular complexity index is 273. The van der Waals surface area contributed by atoms with Crippen LogP contribution in [0.2, 0.25) is 0 Å². The number of nitrogens with two attached hydrogens (primary N) is 1. The van der Waals surface area contributed by atoms with Crippen molar-refractivity contribution in [2.24, 2.45) is 5.73 Å². The van der Waals surface area contributed by atoms with Crippen LogP contribution >= 0.6 is 15.9 Å². The van der Waals surface area contributed by atoms with Crippen LogP contribution in [0.3, 0.4) is 0 Å². The molecule has 0 aliphatic carbocycles. The van der Waals surface area contributed by atoms with Crippen LogP contribution in [0.1, 0.15) is 30.5 Å². The molecule has 0 amide bonds. The molecule has 0 fully saturated rings. The molecule has 3 heteroatoms. The highest BCUT2D eigenvalue weighted by molar-refractivity contribution is 9.10. The third-order valence-corrected chi connectivity index (χ3v) is 2.50. The van der Waals surface area contributed by atoms with Crippen molar-refractivity contribution >= 4 is 15.9 Å². The largest absolute Gasteiger partial charge is 0.324 e. The van der Waals surface area contributed by atoms with E-state index in [0.29, 0.717) is 0 Å². The van der Waals surface area contributed by atoms with Crippen molar-refractivity contribution in [2.45, 2.75) is 26.3 Å². The molecule has 2 N–H and O–H groups in total. The van der Waals surface area contributed by atoms with Gasteiger partial charge in [-0.25, -0.2) is 4.98 Å². The van der Waals surface area contributed by atoms with Crippen LogP contribution in [0.4, 0.5) is 0 Å². The Morgan fingerprint density at radius 1 is 1.67 bits per heavy atom. The van der Waals surface area contributed by atoms with Crippen LogP contribution in [0, 0.1) is 6.92 Å². The summed E-state index contributed by atoms with van der Waals surface area (Å²) in [6.07, 6.45) is 2.76. The zero-order valence-corrected chi connectivity index (χ0v) is 8.93. The molecule has 1 rings (SSSR count). The maximum Gasteiger partial charge on any atom is 0.110 e. The van der Waals surface area contributed by atoms with E-state index in [2.05, 4.69) is 33.9 Å². The number of aromatic nitrogens is 1. The third kappa shape index (κ3) is 2.05. The summed E-state index contributed by atoms with van der Waals surface area (Å²) >= 11 is 3.38. The van der Waals surface area contributed by atoms with Crippen molar-refractivity contribution in [3.63, 3.8) is 0 Å². The fourth-order valence-electron chi connectivity index (χ4n) is 1.06. The maximum absolute atomic E-state index is 5.89. The Balaban J connectivity index is 3.04. The molecule has 0 aliphatic rings. The number of hydrogen-bond acceptors (Lipinski definition) is 2. The summed E-state index contributed by atoms with van der Waals surface area (Å²) in [5.41, 5.74) is 8.14. The lowest BCUT2D eigenvalue weighted by atomic mass is 10.1. The van der Waals surface area contributed by atoms with E-state index in [9.17, 15) is 0 Å².